The van der Waals surface area contributed by atoms with Gasteiger partial charge in [-0.15, -0.1) is 0 Å². The van der Waals surface area contributed by atoms with Crippen molar-refractivity contribution in [2.75, 3.05) is 0 Å². The Balaban J connectivity index is 2.14. The van der Waals surface area contributed by atoms with Gasteiger partial charge in [0, 0.05) is 11.8 Å². The summed E-state index contributed by atoms with van der Waals surface area (Å²) < 4.78 is 1.87. The van der Waals surface area contributed by atoms with Gasteiger partial charge >= 0.3 is 5.97 Å². The molecule has 0 bridgehead atoms. The van der Waals surface area contributed by atoms with Crippen LogP contribution in [0.25, 0.3) is 16.9 Å². The van der Waals surface area contributed by atoms with Crippen molar-refractivity contribution in [3.05, 3.63) is 59.4 Å². The smallest absolute Gasteiger partial charge is 0.335 e. The zero-order valence-corrected chi connectivity index (χ0v) is 10.5. The summed E-state index contributed by atoms with van der Waals surface area (Å²) in [5.41, 5.74) is 1.91. The third-order valence-electron chi connectivity index (χ3n) is 2.91. The van der Waals surface area contributed by atoms with E-state index < -0.39 is 5.97 Å². The standard InChI is InChI=1S/C14H9ClN2O2/c15-11-2-1-7-17-12(11)8-16-13(17)9-3-5-10(6-4-9)14(18)19/h1-8H,(H,18,19). The summed E-state index contributed by atoms with van der Waals surface area (Å²) >= 11 is 6.09. The Bertz CT molecular complexity index is 763. The van der Waals surface area contributed by atoms with Gasteiger partial charge in [0.2, 0.25) is 0 Å². The van der Waals surface area contributed by atoms with E-state index in [1.807, 2.05) is 16.7 Å². The molecule has 3 aromatic rings. The van der Waals surface area contributed by atoms with Crippen molar-refractivity contribution < 1.29 is 9.90 Å². The monoisotopic (exact) mass is 272 g/mol. The van der Waals surface area contributed by atoms with E-state index in [0.717, 1.165) is 16.9 Å². The van der Waals surface area contributed by atoms with Crippen LogP contribution in [0.4, 0.5) is 0 Å². The highest BCUT2D eigenvalue weighted by Gasteiger charge is 2.09. The Kier molecular flexibility index (Phi) is 2.72. The first-order valence-corrected chi connectivity index (χ1v) is 6.00. The van der Waals surface area contributed by atoms with Gasteiger partial charge in [-0.2, -0.15) is 0 Å². The molecule has 1 N–H and O–H groups in total. The number of hydrogen-bond donors (Lipinski definition) is 1. The summed E-state index contributed by atoms with van der Waals surface area (Å²) in [6, 6.07) is 10.2. The van der Waals surface area contributed by atoms with Crippen molar-refractivity contribution in [2.24, 2.45) is 0 Å². The van der Waals surface area contributed by atoms with Crippen molar-refractivity contribution in [1.82, 2.24) is 9.38 Å². The van der Waals surface area contributed by atoms with Crippen molar-refractivity contribution in [3.63, 3.8) is 0 Å². The third kappa shape index (κ3) is 1.96. The van der Waals surface area contributed by atoms with E-state index in [0.29, 0.717) is 5.02 Å². The fraction of sp³-hybridized carbons (Fsp3) is 0. The lowest BCUT2D eigenvalue weighted by atomic mass is 10.1. The Labute approximate surface area is 113 Å². The zero-order valence-electron chi connectivity index (χ0n) is 9.75. The Morgan fingerprint density at radius 3 is 2.63 bits per heavy atom. The van der Waals surface area contributed by atoms with Gasteiger partial charge in [-0.25, -0.2) is 9.78 Å². The second-order valence-electron chi connectivity index (χ2n) is 4.08. The first-order valence-electron chi connectivity index (χ1n) is 5.62. The molecule has 0 spiro atoms. The van der Waals surface area contributed by atoms with E-state index in [1.165, 1.54) is 0 Å². The Hall–Kier alpha value is -2.33. The average Bonchev–Trinajstić information content (AvgIpc) is 2.84. The number of benzene rings is 1. The molecule has 0 radical (unpaired) electrons. The Morgan fingerprint density at radius 1 is 1.21 bits per heavy atom. The predicted octanol–water partition coefficient (Wildman–Crippen LogP) is 3.35. The highest BCUT2D eigenvalue weighted by Crippen LogP contribution is 2.24. The maximum atomic E-state index is 10.8. The largest absolute Gasteiger partial charge is 0.478 e. The predicted molar refractivity (Wildman–Crippen MR) is 72.6 cm³/mol. The molecule has 2 aromatic heterocycles. The van der Waals surface area contributed by atoms with Gasteiger partial charge in [-0.1, -0.05) is 23.7 Å². The van der Waals surface area contributed by atoms with Gasteiger partial charge < -0.3 is 5.11 Å². The molecule has 5 heteroatoms. The lowest BCUT2D eigenvalue weighted by Crippen LogP contribution is -1.96. The van der Waals surface area contributed by atoms with Crippen LogP contribution in [0.15, 0.2) is 48.8 Å². The van der Waals surface area contributed by atoms with Gasteiger partial charge in [-0.3, -0.25) is 4.40 Å². The summed E-state index contributed by atoms with van der Waals surface area (Å²) in [6.07, 6.45) is 3.57. The molecule has 0 atom stereocenters. The van der Waals surface area contributed by atoms with Crippen LogP contribution in [0, 0.1) is 0 Å². The number of carbonyl (C=O) groups is 1. The molecule has 0 aliphatic carbocycles. The van der Waals surface area contributed by atoms with E-state index in [1.54, 1.807) is 36.5 Å². The van der Waals surface area contributed by atoms with Crippen LogP contribution in [-0.4, -0.2) is 20.5 Å². The number of rotatable bonds is 2. The molecule has 2 heterocycles. The lowest BCUT2D eigenvalue weighted by Gasteiger charge is -2.02. The molecule has 19 heavy (non-hydrogen) atoms. The first-order chi connectivity index (χ1) is 9.16. The molecule has 0 saturated carbocycles. The highest BCUT2D eigenvalue weighted by molar-refractivity contribution is 6.33. The second-order valence-corrected chi connectivity index (χ2v) is 4.48. The number of aromatic nitrogens is 2. The van der Waals surface area contributed by atoms with E-state index in [-0.39, 0.29) is 5.56 Å². The minimum atomic E-state index is -0.942. The number of hydrogen-bond acceptors (Lipinski definition) is 2. The van der Waals surface area contributed by atoms with Crippen LogP contribution in [0.5, 0.6) is 0 Å². The third-order valence-corrected chi connectivity index (χ3v) is 3.23. The van der Waals surface area contributed by atoms with E-state index in [9.17, 15) is 4.79 Å². The van der Waals surface area contributed by atoms with Gasteiger partial charge in [-0.05, 0) is 24.3 Å². The summed E-state index contributed by atoms with van der Waals surface area (Å²) in [5.74, 6) is -0.211. The fourth-order valence-corrected chi connectivity index (χ4v) is 2.18. The number of fused-ring (bicyclic) bond motifs is 1. The normalized spacial score (nSPS) is 10.8. The van der Waals surface area contributed by atoms with Gasteiger partial charge in [0.25, 0.3) is 0 Å². The number of imidazole rings is 1. The van der Waals surface area contributed by atoms with Crippen LogP contribution >= 0.6 is 11.6 Å². The van der Waals surface area contributed by atoms with Crippen molar-refractivity contribution in [3.8, 4) is 11.4 Å². The zero-order chi connectivity index (χ0) is 13.4. The van der Waals surface area contributed by atoms with E-state index >= 15 is 0 Å². The van der Waals surface area contributed by atoms with Crippen LogP contribution in [0.1, 0.15) is 10.4 Å². The number of halogens is 1. The van der Waals surface area contributed by atoms with Crippen LogP contribution in [0.3, 0.4) is 0 Å². The first kappa shape index (κ1) is 11.7. The van der Waals surface area contributed by atoms with Crippen LogP contribution in [0.2, 0.25) is 5.02 Å². The highest BCUT2D eigenvalue weighted by atomic mass is 35.5. The molecule has 0 amide bonds. The Morgan fingerprint density at radius 2 is 1.95 bits per heavy atom. The molecule has 0 aliphatic heterocycles. The molecule has 0 fully saturated rings. The number of aromatic carboxylic acids is 1. The summed E-state index contributed by atoms with van der Waals surface area (Å²) in [6.45, 7) is 0. The van der Waals surface area contributed by atoms with Crippen LogP contribution < -0.4 is 0 Å². The van der Waals surface area contributed by atoms with Gasteiger partial charge in [0.15, 0.2) is 0 Å². The van der Waals surface area contributed by atoms with Gasteiger partial charge in [0.05, 0.1) is 22.3 Å². The van der Waals surface area contributed by atoms with E-state index in [4.69, 9.17) is 16.7 Å². The number of nitrogens with zero attached hydrogens (tertiary/aromatic N) is 2. The maximum absolute atomic E-state index is 10.8. The number of carboxylic acid groups (broad SMARTS) is 1. The number of pyridine rings is 1. The molecule has 1 aromatic carbocycles. The lowest BCUT2D eigenvalue weighted by molar-refractivity contribution is 0.0697. The summed E-state index contributed by atoms with van der Waals surface area (Å²) in [5, 5.41) is 9.50. The minimum Gasteiger partial charge on any atom is -0.478 e. The topological polar surface area (TPSA) is 54.6 Å². The quantitative estimate of drug-likeness (QED) is 0.778. The van der Waals surface area contributed by atoms with E-state index in [2.05, 4.69) is 4.98 Å². The van der Waals surface area contributed by atoms with Crippen molar-refractivity contribution in [2.45, 2.75) is 0 Å². The van der Waals surface area contributed by atoms with Crippen molar-refractivity contribution >= 4 is 23.1 Å². The maximum Gasteiger partial charge on any atom is 0.335 e. The van der Waals surface area contributed by atoms with Crippen LogP contribution in [-0.2, 0) is 0 Å². The molecule has 94 valence electrons. The molecule has 0 unspecified atom stereocenters. The number of carboxylic acids is 1. The second kappa shape index (κ2) is 4.40. The fourth-order valence-electron chi connectivity index (χ4n) is 1.96. The molecular weight excluding hydrogens is 264 g/mol. The average molecular weight is 273 g/mol. The summed E-state index contributed by atoms with van der Waals surface area (Å²) in [4.78, 5) is 15.1. The minimum absolute atomic E-state index is 0.252. The van der Waals surface area contributed by atoms with Gasteiger partial charge in [0.1, 0.15) is 5.82 Å². The molecule has 3 rings (SSSR count). The molecule has 4 nitrogen and oxygen atoms in total. The SMILES string of the molecule is O=C(O)c1ccc(-c2ncc3c(Cl)cccn23)cc1. The summed E-state index contributed by atoms with van der Waals surface area (Å²) in [7, 11) is 0. The van der Waals surface area contributed by atoms with Crippen molar-refractivity contribution in [1.29, 1.82) is 0 Å². The molecule has 0 aliphatic rings. The molecule has 0 saturated heterocycles. The molecular formula is C14H9ClN2O2.